The summed E-state index contributed by atoms with van der Waals surface area (Å²) in [6.07, 6.45) is 0. The van der Waals surface area contributed by atoms with E-state index in [0.717, 1.165) is 7.11 Å². The van der Waals surface area contributed by atoms with E-state index in [1.54, 1.807) is 0 Å². The molecule has 12 heavy (non-hydrogen) atoms. The number of hydrogen-bond donors (Lipinski definition) is 1. The lowest BCUT2D eigenvalue weighted by Gasteiger charge is -2.08. The summed E-state index contributed by atoms with van der Waals surface area (Å²) in [5.41, 5.74) is -5.56. The van der Waals surface area contributed by atoms with Crippen molar-refractivity contribution < 1.29 is 35.4 Å². The lowest BCUT2D eigenvalue weighted by Crippen LogP contribution is -2.33. The highest BCUT2D eigenvalue weighted by atomic mass is 32.2. The van der Waals surface area contributed by atoms with E-state index in [2.05, 4.69) is 8.75 Å². The maximum atomic E-state index is 11.5. The van der Waals surface area contributed by atoms with Gasteiger partial charge in [0.1, 0.15) is 0 Å². The van der Waals surface area contributed by atoms with Crippen molar-refractivity contribution in [2.24, 2.45) is 0 Å². The van der Waals surface area contributed by atoms with Crippen LogP contribution >= 0.6 is 0 Å². The summed E-state index contributed by atoms with van der Waals surface area (Å²) in [4.78, 5) is 0. The molecule has 0 saturated carbocycles. The van der Waals surface area contributed by atoms with Crippen LogP contribution in [0.15, 0.2) is 0 Å². The maximum absolute atomic E-state index is 11.5. The third kappa shape index (κ3) is 2.97. The Kier molecular flexibility index (Phi) is 3.51. The Hall–Kier alpha value is -0.315. The monoisotopic (exact) mass is 208 g/mol. The highest BCUT2D eigenvalue weighted by molar-refractivity contribution is 7.88. The fraction of sp³-hybridized carbons (Fsp3) is 1.00. The predicted molar refractivity (Wildman–Crippen MR) is 31.0 cm³/mol. The van der Waals surface area contributed by atoms with Gasteiger partial charge in [-0.05, 0) is 0 Å². The third-order valence-corrected chi connectivity index (χ3v) is 1.68. The largest absolute Gasteiger partial charge is 0.651 e. The minimum absolute atomic E-state index is 0.774. The van der Waals surface area contributed by atoms with E-state index in [-0.39, 0.29) is 0 Å². The van der Waals surface area contributed by atoms with Gasteiger partial charge in [0.15, 0.2) is 0 Å². The molecule has 0 rings (SSSR count). The Morgan fingerprint density at radius 2 is 1.83 bits per heavy atom. The molecule has 0 aromatic heterocycles. The molecule has 0 spiro atoms. The second kappa shape index (κ2) is 3.60. The normalized spacial score (nSPS) is 13.1. The van der Waals surface area contributed by atoms with Crippen LogP contribution in [-0.4, -0.2) is 33.4 Å². The van der Waals surface area contributed by atoms with Crippen LogP contribution < -0.4 is 0 Å². The molecule has 0 unspecified atom stereocenters. The number of halogens is 3. The molecule has 0 atom stereocenters. The van der Waals surface area contributed by atoms with Gasteiger partial charge in [-0.1, -0.05) is 0 Å². The number of rotatable bonds is 3. The van der Waals surface area contributed by atoms with Crippen LogP contribution in [0.4, 0.5) is 13.2 Å². The molecule has 10 heteroatoms. The standard InChI is InChI=1S/C2H4BF3O5S/c1-10-3(7)11-12(8,9)2(4,5)6/h7H,1H3. The van der Waals surface area contributed by atoms with Gasteiger partial charge in [0.25, 0.3) is 0 Å². The van der Waals surface area contributed by atoms with Crippen LogP contribution in [0.25, 0.3) is 0 Å². The lowest BCUT2D eigenvalue weighted by molar-refractivity contribution is -0.0516. The van der Waals surface area contributed by atoms with Crippen LogP contribution in [0.1, 0.15) is 0 Å². The molecule has 0 amide bonds. The summed E-state index contributed by atoms with van der Waals surface area (Å²) in [5.74, 6) is 0. The topological polar surface area (TPSA) is 72.8 Å². The molecule has 0 aromatic carbocycles. The molecule has 0 aliphatic rings. The van der Waals surface area contributed by atoms with E-state index in [1.165, 1.54) is 0 Å². The van der Waals surface area contributed by atoms with Gasteiger partial charge in [0.2, 0.25) is 0 Å². The van der Waals surface area contributed by atoms with Crippen LogP contribution in [0.3, 0.4) is 0 Å². The van der Waals surface area contributed by atoms with Crippen LogP contribution in [0, 0.1) is 0 Å². The Morgan fingerprint density at radius 3 is 2.08 bits per heavy atom. The van der Waals surface area contributed by atoms with E-state index in [0.29, 0.717) is 0 Å². The van der Waals surface area contributed by atoms with Gasteiger partial charge in [-0.2, -0.15) is 21.6 Å². The fourth-order valence-electron chi connectivity index (χ4n) is 0.202. The van der Waals surface area contributed by atoms with E-state index >= 15 is 0 Å². The lowest BCUT2D eigenvalue weighted by atomic mass is 10.3. The van der Waals surface area contributed by atoms with Crippen molar-refractivity contribution in [3.63, 3.8) is 0 Å². The van der Waals surface area contributed by atoms with E-state index < -0.39 is 22.9 Å². The second-order valence-electron chi connectivity index (χ2n) is 1.54. The maximum Gasteiger partial charge on any atom is 0.651 e. The van der Waals surface area contributed by atoms with Gasteiger partial charge < -0.3 is 9.68 Å². The molecule has 5 nitrogen and oxygen atoms in total. The summed E-state index contributed by atoms with van der Waals surface area (Å²) in [6, 6.07) is 0. The Bertz CT molecular complexity index is 234. The minimum Gasteiger partial charge on any atom is -0.401 e. The zero-order valence-electron chi connectivity index (χ0n) is 5.70. The molecular formula is C2H4BF3O5S. The van der Waals surface area contributed by atoms with Crippen molar-refractivity contribution in [1.82, 2.24) is 0 Å². The van der Waals surface area contributed by atoms with Crippen molar-refractivity contribution in [2.75, 3.05) is 7.11 Å². The summed E-state index contributed by atoms with van der Waals surface area (Å²) in [6.45, 7) is 0. The predicted octanol–water partition coefficient (Wildman–Crippen LogP) is -0.524. The minimum atomic E-state index is -5.78. The van der Waals surface area contributed by atoms with Gasteiger partial charge in [0.05, 0.1) is 0 Å². The SMILES string of the molecule is COB(O)OS(=O)(=O)C(F)(F)F. The average Bonchev–Trinajstić information content (AvgIpc) is 1.84. The molecule has 0 aliphatic carbocycles. The van der Waals surface area contributed by atoms with Crippen LogP contribution in [0.2, 0.25) is 0 Å². The summed E-state index contributed by atoms with van der Waals surface area (Å²) >= 11 is 0. The van der Waals surface area contributed by atoms with E-state index in [1.807, 2.05) is 0 Å². The van der Waals surface area contributed by atoms with Crippen LogP contribution in [-0.2, 0) is 18.9 Å². The fourth-order valence-corrected chi connectivity index (χ4v) is 0.607. The Morgan fingerprint density at radius 1 is 1.42 bits per heavy atom. The first kappa shape index (κ1) is 11.7. The third-order valence-electron chi connectivity index (χ3n) is 0.694. The smallest absolute Gasteiger partial charge is 0.401 e. The molecule has 0 aromatic rings. The quantitative estimate of drug-likeness (QED) is 0.498. The highest BCUT2D eigenvalue weighted by Crippen LogP contribution is 2.24. The molecule has 1 N–H and O–H groups in total. The molecule has 72 valence electrons. The molecule has 0 heterocycles. The zero-order chi connectivity index (χ0) is 9.99. The summed E-state index contributed by atoms with van der Waals surface area (Å²) in [7, 11) is -7.46. The van der Waals surface area contributed by atoms with Crippen LogP contribution in [0.5, 0.6) is 0 Å². The zero-order valence-corrected chi connectivity index (χ0v) is 6.52. The first-order valence-corrected chi connectivity index (χ1v) is 3.82. The van der Waals surface area contributed by atoms with Gasteiger partial charge >= 0.3 is 22.9 Å². The van der Waals surface area contributed by atoms with Crippen molar-refractivity contribution >= 4 is 17.4 Å². The van der Waals surface area contributed by atoms with Crippen molar-refractivity contribution in [1.29, 1.82) is 0 Å². The van der Waals surface area contributed by atoms with E-state index in [4.69, 9.17) is 5.02 Å². The highest BCUT2D eigenvalue weighted by Gasteiger charge is 2.49. The summed E-state index contributed by atoms with van der Waals surface area (Å²) in [5, 5.41) is 8.23. The van der Waals surface area contributed by atoms with Gasteiger partial charge in [-0.15, -0.1) is 0 Å². The number of hydrogen-bond acceptors (Lipinski definition) is 5. The van der Waals surface area contributed by atoms with Gasteiger partial charge in [-0.3, -0.25) is 4.10 Å². The molecule has 0 saturated heterocycles. The first-order chi connectivity index (χ1) is 5.20. The second-order valence-corrected chi connectivity index (χ2v) is 3.10. The molecule has 0 radical (unpaired) electrons. The first-order valence-electron chi connectivity index (χ1n) is 2.41. The molecule has 0 aliphatic heterocycles. The molecule has 0 fully saturated rings. The van der Waals surface area contributed by atoms with Gasteiger partial charge in [-0.25, -0.2) is 0 Å². The molecule has 0 bridgehead atoms. The summed E-state index contributed by atoms with van der Waals surface area (Å²) < 4.78 is 61.3. The van der Waals surface area contributed by atoms with E-state index in [9.17, 15) is 21.6 Å². The van der Waals surface area contributed by atoms with Crippen molar-refractivity contribution in [2.45, 2.75) is 5.51 Å². The van der Waals surface area contributed by atoms with Gasteiger partial charge in [0, 0.05) is 7.11 Å². The average molecular weight is 208 g/mol. The Labute approximate surface area is 66.4 Å². The van der Waals surface area contributed by atoms with Crippen molar-refractivity contribution in [3.8, 4) is 0 Å². The Balaban J connectivity index is 4.46. The number of alkyl halides is 3. The molecular weight excluding hydrogens is 204 g/mol. The van der Waals surface area contributed by atoms with Crippen molar-refractivity contribution in [3.05, 3.63) is 0 Å².